The van der Waals surface area contributed by atoms with E-state index in [1.807, 2.05) is 18.3 Å². The minimum absolute atomic E-state index is 0.455. The van der Waals surface area contributed by atoms with Crippen LogP contribution in [0.5, 0.6) is 5.75 Å². The Bertz CT molecular complexity index is 809. The molecule has 1 aromatic heterocycles. The molecule has 0 amide bonds. The van der Waals surface area contributed by atoms with Crippen molar-refractivity contribution < 1.29 is 4.74 Å². The SMILES string of the molecule is COc1ccc(CN2CCC[C@@H](n3ncc4ccccc43)C2)cc1. The van der Waals surface area contributed by atoms with Crippen LogP contribution in [0.1, 0.15) is 24.4 Å². The number of aromatic nitrogens is 2. The lowest BCUT2D eigenvalue weighted by atomic mass is 10.0. The van der Waals surface area contributed by atoms with Gasteiger partial charge in [-0.25, -0.2) is 0 Å². The number of fused-ring (bicyclic) bond motifs is 1. The first-order chi connectivity index (χ1) is 11.8. The van der Waals surface area contributed by atoms with Gasteiger partial charge in [0.2, 0.25) is 0 Å². The molecule has 1 fully saturated rings. The Kier molecular flexibility index (Phi) is 4.22. The molecule has 2 heterocycles. The predicted octanol–water partition coefficient (Wildman–Crippen LogP) is 3.88. The van der Waals surface area contributed by atoms with Crippen molar-refractivity contribution in [1.29, 1.82) is 0 Å². The second-order valence-electron chi connectivity index (χ2n) is 6.53. The van der Waals surface area contributed by atoms with Gasteiger partial charge in [-0.15, -0.1) is 0 Å². The van der Waals surface area contributed by atoms with Crippen LogP contribution in [0.4, 0.5) is 0 Å². The van der Waals surface area contributed by atoms with Crippen molar-refractivity contribution in [2.45, 2.75) is 25.4 Å². The van der Waals surface area contributed by atoms with E-state index in [4.69, 9.17) is 4.74 Å². The summed E-state index contributed by atoms with van der Waals surface area (Å²) >= 11 is 0. The van der Waals surface area contributed by atoms with Gasteiger partial charge in [0.1, 0.15) is 5.75 Å². The number of hydrogen-bond acceptors (Lipinski definition) is 3. The van der Waals surface area contributed by atoms with Crippen LogP contribution in [0, 0.1) is 0 Å². The maximum absolute atomic E-state index is 5.24. The van der Waals surface area contributed by atoms with Crippen molar-refractivity contribution in [3.63, 3.8) is 0 Å². The van der Waals surface area contributed by atoms with E-state index in [1.165, 1.54) is 29.3 Å². The quantitative estimate of drug-likeness (QED) is 0.730. The van der Waals surface area contributed by atoms with E-state index in [1.54, 1.807) is 7.11 Å². The summed E-state index contributed by atoms with van der Waals surface area (Å²) in [7, 11) is 1.71. The monoisotopic (exact) mass is 321 g/mol. The lowest BCUT2D eigenvalue weighted by Gasteiger charge is -2.33. The molecule has 1 aliphatic rings. The molecular weight excluding hydrogens is 298 g/mol. The molecule has 0 radical (unpaired) electrons. The van der Waals surface area contributed by atoms with Crippen LogP contribution in [0.3, 0.4) is 0 Å². The molecule has 4 rings (SSSR count). The Morgan fingerprint density at radius 2 is 1.96 bits per heavy atom. The van der Waals surface area contributed by atoms with E-state index in [-0.39, 0.29) is 0 Å². The minimum atomic E-state index is 0.455. The Hall–Kier alpha value is -2.33. The highest BCUT2D eigenvalue weighted by Gasteiger charge is 2.23. The smallest absolute Gasteiger partial charge is 0.118 e. The van der Waals surface area contributed by atoms with Crippen LogP contribution in [0.15, 0.2) is 54.7 Å². The van der Waals surface area contributed by atoms with E-state index in [0.717, 1.165) is 25.4 Å². The summed E-state index contributed by atoms with van der Waals surface area (Å²) in [4.78, 5) is 2.53. The zero-order valence-electron chi connectivity index (χ0n) is 14.1. The summed E-state index contributed by atoms with van der Waals surface area (Å²) in [6, 6.07) is 17.3. The van der Waals surface area contributed by atoms with E-state index in [2.05, 4.69) is 51.1 Å². The average Bonchev–Trinajstić information content (AvgIpc) is 3.07. The molecule has 4 nitrogen and oxygen atoms in total. The summed E-state index contributed by atoms with van der Waals surface area (Å²) in [6.07, 6.45) is 4.40. The third kappa shape index (κ3) is 3.02. The van der Waals surface area contributed by atoms with Gasteiger partial charge in [-0.1, -0.05) is 30.3 Å². The van der Waals surface area contributed by atoms with Gasteiger partial charge in [0.15, 0.2) is 0 Å². The van der Waals surface area contributed by atoms with Crippen molar-refractivity contribution in [3.05, 3.63) is 60.3 Å². The Balaban J connectivity index is 1.49. The number of ether oxygens (including phenoxy) is 1. The third-order valence-electron chi connectivity index (χ3n) is 4.90. The number of rotatable bonds is 4. The summed E-state index contributed by atoms with van der Waals surface area (Å²) < 4.78 is 7.46. The second-order valence-corrected chi connectivity index (χ2v) is 6.53. The normalized spacial score (nSPS) is 18.8. The van der Waals surface area contributed by atoms with Crippen LogP contribution in [0.25, 0.3) is 10.9 Å². The number of likely N-dealkylation sites (tertiary alicyclic amines) is 1. The van der Waals surface area contributed by atoms with Gasteiger partial charge >= 0.3 is 0 Å². The highest BCUT2D eigenvalue weighted by atomic mass is 16.5. The second kappa shape index (κ2) is 6.65. The van der Waals surface area contributed by atoms with Gasteiger partial charge in [0.25, 0.3) is 0 Å². The molecule has 0 unspecified atom stereocenters. The molecule has 0 aliphatic carbocycles. The highest BCUT2D eigenvalue weighted by Crippen LogP contribution is 2.26. The van der Waals surface area contributed by atoms with Gasteiger partial charge in [0.05, 0.1) is 24.9 Å². The number of methoxy groups -OCH3 is 1. The molecule has 0 bridgehead atoms. The topological polar surface area (TPSA) is 30.3 Å². The molecule has 0 saturated carbocycles. The van der Waals surface area contributed by atoms with Gasteiger partial charge in [-0.3, -0.25) is 9.58 Å². The molecule has 1 atom stereocenters. The minimum Gasteiger partial charge on any atom is -0.497 e. The Labute approximate surface area is 142 Å². The Morgan fingerprint density at radius 3 is 2.79 bits per heavy atom. The predicted molar refractivity (Wildman–Crippen MR) is 96.3 cm³/mol. The van der Waals surface area contributed by atoms with Crippen LogP contribution in [-0.2, 0) is 6.54 Å². The summed E-state index contributed by atoms with van der Waals surface area (Å²) in [5.41, 5.74) is 2.58. The van der Waals surface area contributed by atoms with Crippen LogP contribution >= 0.6 is 0 Å². The van der Waals surface area contributed by atoms with E-state index < -0.39 is 0 Å². The summed E-state index contributed by atoms with van der Waals surface area (Å²) in [5, 5.41) is 5.88. The summed E-state index contributed by atoms with van der Waals surface area (Å²) in [5.74, 6) is 0.915. The van der Waals surface area contributed by atoms with Crippen molar-refractivity contribution >= 4 is 10.9 Å². The van der Waals surface area contributed by atoms with Crippen LogP contribution in [-0.4, -0.2) is 34.9 Å². The molecular formula is C20H23N3O. The fourth-order valence-electron chi connectivity index (χ4n) is 3.65. The van der Waals surface area contributed by atoms with Crippen LogP contribution < -0.4 is 4.74 Å². The van der Waals surface area contributed by atoms with Crippen molar-refractivity contribution in [2.75, 3.05) is 20.2 Å². The average molecular weight is 321 g/mol. The first-order valence-corrected chi connectivity index (χ1v) is 8.61. The number of para-hydroxylation sites is 1. The van der Waals surface area contributed by atoms with Gasteiger partial charge in [-0.2, -0.15) is 5.10 Å². The molecule has 0 spiro atoms. The fraction of sp³-hybridized carbons (Fsp3) is 0.350. The molecule has 24 heavy (non-hydrogen) atoms. The fourth-order valence-corrected chi connectivity index (χ4v) is 3.65. The van der Waals surface area contributed by atoms with E-state index in [9.17, 15) is 0 Å². The molecule has 4 heteroatoms. The van der Waals surface area contributed by atoms with E-state index >= 15 is 0 Å². The lowest BCUT2D eigenvalue weighted by Crippen LogP contribution is -2.36. The molecule has 3 aromatic rings. The first-order valence-electron chi connectivity index (χ1n) is 8.61. The van der Waals surface area contributed by atoms with Crippen molar-refractivity contribution in [3.8, 4) is 5.75 Å². The number of piperidine rings is 1. The number of benzene rings is 2. The maximum Gasteiger partial charge on any atom is 0.118 e. The van der Waals surface area contributed by atoms with Crippen molar-refractivity contribution in [1.82, 2.24) is 14.7 Å². The van der Waals surface area contributed by atoms with Gasteiger partial charge in [-0.05, 0) is 43.1 Å². The zero-order valence-corrected chi connectivity index (χ0v) is 14.1. The molecule has 124 valence electrons. The van der Waals surface area contributed by atoms with Gasteiger partial charge < -0.3 is 4.74 Å². The summed E-state index contributed by atoms with van der Waals surface area (Å²) in [6.45, 7) is 3.19. The molecule has 1 aliphatic heterocycles. The zero-order chi connectivity index (χ0) is 16.4. The first kappa shape index (κ1) is 15.2. The number of hydrogen-bond donors (Lipinski definition) is 0. The third-order valence-corrected chi connectivity index (χ3v) is 4.90. The lowest BCUT2D eigenvalue weighted by molar-refractivity contribution is 0.165. The molecule has 2 aromatic carbocycles. The number of nitrogens with zero attached hydrogens (tertiary/aromatic N) is 3. The standard InChI is InChI=1S/C20H23N3O/c1-24-19-10-8-16(9-11-19)14-22-12-4-6-18(15-22)23-20-7-3-2-5-17(20)13-21-23/h2-3,5,7-11,13,18H,4,6,12,14-15H2,1H3/t18-/m1/s1. The van der Waals surface area contributed by atoms with Gasteiger partial charge in [0, 0.05) is 18.5 Å². The van der Waals surface area contributed by atoms with E-state index in [0.29, 0.717) is 6.04 Å². The molecule has 0 N–H and O–H groups in total. The largest absolute Gasteiger partial charge is 0.497 e. The molecule has 1 saturated heterocycles. The van der Waals surface area contributed by atoms with Crippen molar-refractivity contribution in [2.24, 2.45) is 0 Å². The highest BCUT2D eigenvalue weighted by molar-refractivity contribution is 5.78. The Morgan fingerprint density at radius 1 is 1.12 bits per heavy atom. The maximum atomic E-state index is 5.24. The van der Waals surface area contributed by atoms with Crippen LogP contribution in [0.2, 0.25) is 0 Å².